The third-order valence-corrected chi connectivity index (χ3v) is 4.36. The van der Waals surface area contributed by atoms with Gasteiger partial charge in [0.1, 0.15) is 16.9 Å². The van der Waals surface area contributed by atoms with Crippen LogP contribution in [0.4, 0.5) is 0 Å². The number of nitrogens with one attached hydrogen (secondary N) is 2. The van der Waals surface area contributed by atoms with E-state index in [0.29, 0.717) is 11.7 Å². The zero-order chi connectivity index (χ0) is 15.4. The van der Waals surface area contributed by atoms with Gasteiger partial charge in [0.2, 0.25) is 0 Å². The molecule has 2 aromatic heterocycles. The molecule has 0 atom stereocenters. The molecule has 2 N–H and O–H groups in total. The summed E-state index contributed by atoms with van der Waals surface area (Å²) in [5.74, 6) is 0.971. The van der Waals surface area contributed by atoms with Crippen molar-refractivity contribution < 1.29 is 0 Å². The van der Waals surface area contributed by atoms with Crippen molar-refractivity contribution in [2.45, 2.75) is 39.3 Å². The minimum atomic E-state index is 0.567. The number of benzene rings is 1. The molecule has 0 aliphatic rings. The molecule has 22 heavy (non-hydrogen) atoms. The maximum absolute atomic E-state index is 6.17. The predicted molar refractivity (Wildman–Crippen MR) is 90.2 cm³/mol. The second-order valence-corrected chi connectivity index (χ2v) is 6.13. The Bertz CT molecular complexity index is 751. The lowest BCUT2D eigenvalue weighted by molar-refractivity contribution is 0.679. The summed E-state index contributed by atoms with van der Waals surface area (Å²) in [6.45, 7) is 3.60. The van der Waals surface area contributed by atoms with Gasteiger partial charge in [-0.2, -0.15) is 8.75 Å². The van der Waals surface area contributed by atoms with Gasteiger partial charge >= 0.3 is 0 Å². The minimum Gasteiger partial charge on any atom is -0.344 e. The lowest BCUT2D eigenvalue weighted by Gasteiger charge is -2.04. The van der Waals surface area contributed by atoms with E-state index in [2.05, 4.69) is 43.1 Å². The van der Waals surface area contributed by atoms with Crippen molar-refractivity contribution in [2.24, 2.45) is 0 Å². The molecule has 3 aromatic rings. The summed E-state index contributed by atoms with van der Waals surface area (Å²) in [4.78, 5) is 7.66. The molecule has 7 heteroatoms. The van der Waals surface area contributed by atoms with E-state index in [1.165, 1.54) is 17.3 Å². The van der Waals surface area contributed by atoms with E-state index in [1.54, 1.807) is 0 Å². The van der Waals surface area contributed by atoms with E-state index in [9.17, 15) is 0 Å². The van der Waals surface area contributed by atoms with E-state index < -0.39 is 0 Å². The van der Waals surface area contributed by atoms with Crippen molar-refractivity contribution in [3.05, 3.63) is 40.4 Å². The van der Waals surface area contributed by atoms with Gasteiger partial charge in [-0.1, -0.05) is 31.0 Å². The minimum absolute atomic E-state index is 0.567. The smallest absolute Gasteiger partial charge is 0.151 e. The van der Waals surface area contributed by atoms with Gasteiger partial charge in [-0.3, -0.25) is 0 Å². The number of H-pyrrole nitrogens is 1. The maximum atomic E-state index is 6.17. The van der Waals surface area contributed by atoms with E-state index in [4.69, 9.17) is 11.6 Å². The van der Waals surface area contributed by atoms with E-state index in [-0.39, 0.29) is 0 Å². The fraction of sp³-hybridized carbons (Fsp3) is 0.400. The highest BCUT2D eigenvalue weighted by Gasteiger charge is 2.08. The third kappa shape index (κ3) is 3.63. The molecule has 0 radical (unpaired) electrons. The highest BCUT2D eigenvalue weighted by molar-refractivity contribution is 7.00. The number of fused-ring (bicyclic) bond motifs is 1. The van der Waals surface area contributed by atoms with Crippen molar-refractivity contribution in [1.82, 2.24) is 24.0 Å². The zero-order valence-corrected chi connectivity index (χ0v) is 14.0. The number of nitrogens with zero attached hydrogens (tertiary/aromatic N) is 3. The molecule has 2 heterocycles. The lowest BCUT2D eigenvalue weighted by Crippen LogP contribution is -2.13. The van der Waals surface area contributed by atoms with Crippen LogP contribution in [0.5, 0.6) is 0 Å². The Morgan fingerprint density at radius 1 is 1.23 bits per heavy atom. The molecular weight excluding hydrogens is 318 g/mol. The fourth-order valence-corrected chi connectivity index (χ4v) is 3.02. The number of imidazole rings is 1. The highest BCUT2D eigenvalue weighted by atomic mass is 35.5. The number of rotatable bonds is 7. The molecule has 0 amide bonds. The Morgan fingerprint density at radius 3 is 2.95 bits per heavy atom. The van der Waals surface area contributed by atoms with Gasteiger partial charge in [-0.15, -0.1) is 0 Å². The maximum Gasteiger partial charge on any atom is 0.151 e. The molecule has 3 rings (SSSR count). The first-order valence-electron chi connectivity index (χ1n) is 7.41. The number of hydrogen-bond acceptors (Lipinski definition) is 5. The van der Waals surface area contributed by atoms with Crippen molar-refractivity contribution in [3.63, 3.8) is 0 Å². The van der Waals surface area contributed by atoms with Gasteiger partial charge in [0.25, 0.3) is 0 Å². The highest BCUT2D eigenvalue weighted by Crippen LogP contribution is 2.15. The number of hydrogen-bond donors (Lipinski definition) is 2. The Hall–Kier alpha value is -1.50. The van der Waals surface area contributed by atoms with E-state index in [0.717, 1.165) is 48.4 Å². The largest absolute Gasteiger partial charge is 0.344 e. The summed E-state index contributed by atoms with van der Waals surface area (Å²) in [6, 6.07) is 6.13. The number of aromatic nitrogens is 4. The van der Waals surface area contributed by atoms with Crippen LogP contribution in [0.25, 0.3) is 11.0 Å². The standard InChI is InChI=1S/C15H18ClN5S/c1-2-3-4-14-18-13(15(16)19-14)9-17-8-10-5-6-11-12(7-10)21-22-20-11/h5-7,17H,2-4,8-9H2,1H3,(H,18,19). The third-order valence-electron chi connectivity index (χ3n) is 3.49. The average Bonchev–Trinajstić information content (AvgIpc) is 3.11. The van der Waals surface area contributed by atoms with Crippen LogP contribution in [0.1, 0.15) is 36.8 Å². The summed E-state index contributed by atoms with van der Waals surface area (Å²) >= 11 is 7.41. The topological polar surface area (TPSA) is 66.5 Å². The monoisotopic (exact) mass is 335 g/mol. The van der Waals surface area contributed by atoms with Gasteiger partial charge in [-0.05, 0) is 24.1 Å². The molecule has 0 bridgehead atoms. The molecule has 0 aliphatic heterocycles. The second-order valence-electron chi connectivity index (χ2n) is 5.25. The first-order valence-corrected chi connectivity index (χ1v) is 8.52. The van der Waals surface area contributed by atoms with Crippen LogP contribution in [0.2, 0.25) is 5.15 Å². The molecule has 0 aliphatic carbocycles. The van der Waals surface area contributed by atoms with Crippen molar-refractivity contribution in [1.29, 1.82) is 0 Å². The first-order chi connectivity index (χ1) is 10.8. The molecule has 0 unspecified atom stereocenters. The summed E-state index contributed by atoms with van der Waals surface area (Å²) in [5, 5.41) is 3.95. The predicted octanol–water partition coefficient (Wildman–Crippen LogP) is 3.70. The summed E-state index contributed by atoms with van der Waals surface area (Å²) in [7, 11) is 0. The molecule has 0 spiro atoms. The fourth-order valence-electron chi connectivity index (χ4n) is 2.29. The molecule has 0 saturated carbocycles. The Morgan fingerprint density at radius 2 is 2.09 bits per heavy atom. The average molecular weight is 336 g/mol. The Balaban J connectivity index is 1.57. The van der Waals surface area contributed by atoms with Gasteiger partial charge in [0.05, 0.1) is 17.4 Å². The molecule has 1 aromatic carbocycles. The van der Waals surface area contributed by atoms with Crippen molar-refractivity contribution in [3.8, 4) is 0 Å². The summed E-state index contributed by atoms with van der Waals surface area (Å²) < 4.78 is 8.46. The number of halogens is 1. The number of aromatic amines is 1. The number of aryl methyl sites for hydroxylation is 1. The Kier molecular flexibility index (Phi) is 5.02. The number of unbranched alkanes of at least 4 members (excludes halogenated alkanes) is 1. The van der Waals surface area contributed by atoms with Gasteiger partial charge < -0.3 is 10.3 Å². The molecular formula is C15H18ClN5S. The van der Waals surface area contributed by atoms with Gasteiger partial charge in [-0.25, -0.2) is 4.98 Å². The van der Waals surface area contributed by atoms with Crippen molar-refractivity contribution in [2.75, 3.05) is 0 Å². The quantitative estimate of drug-likeness (QED) is 0.691. The van der Waals surface area contributed by atoms with Crippen LogP contribution in [0, 0.1) is 0 Å². The SMILES string of the molecule is CCCCc1nc(Cl)c(CNCc2ccc3nsnc3c2)[nH]1. The molecule has 0 saturated heterocycles. The molecule has 5 nitrogen and oxygen atoms in total. The van der Waals surface area contributed by atoms with E-state index in [1.807, 2.05) is 6.07 Å². The van der Waals surface area contributed by atoms with Crippen molar-refractivity contribution >= 4 is 34.4 Å². The summed E-state index contributed by atoms with van der Waals surface area (Å²) in [6.07, 6.45) is 3.22. The zero-order valence-electron chi connectivity index (χ0n) is 12.4. The molecule has 116 valence electrons. The van der Waals surface area contributed by atoms with Crippen LogP contribution >= 0.6 is 23.3 Å². The van der Waals surface area contributed by atoms with Crippen LogP contribution in [-0.4, -0.2) is 18.7 Å². The van der Waals surface area contributed by atoms with Crippen LogP contribution in [0.15, 0.2) is 18.2 Å². The molecule has 0 fully saturated rings. The van der Waals surface area contributed by atoms with Crippen LogP contribution in [0.3, 0.4) is 0 Å². The van der Waals surface area contributed by atoms with Crippen LogP contribution in [-0.2, 0) is 19.5 Å². The Labute approximate surface area is 138 Å². The van der Waals surface area contributed by atoms with Gasteiger partial charge in [0.15, 0.2) is 5.15 Å². The summed E-state index contributed by atoms with van der Waals surface area (Å²) in [5.41, 5.74) is 4.03. The lowest BCUT2D eigenvalue weighted by atomic mass is 10.2. The van der Waals surface area contributed by atoms with Gasteiger partial charge in [0, 0.05) is 19.5 Å². The van der Waals surface area contributed by atoms with E-state index >= 15 is 0 Å². The second kappa shape index (κ2) is 7.17. The van der Waals surface area contributed by atoms with Crippen LogP contribution < -0.4 is 5.32 Å². The normalized spacial score (nSPS) is 11.4. The first kappa shape index (κ1) is 15.4.